The van der Waals surface area contributed by atoms with Crippen molar-refractivity contribution in [1.82, 2.24) is 4.57 Å². The molecule has 1 aromatic heterocycles. The van der Waals surface area contributed by atoms with Crippen LogP contribution < -0.4 is 24.4 Å². The molecule has 40 heavy (non-hydrogen) atoms. The first-order valence-electron chi connectivity index (χ1n) is 13.2. The van der Waals surface area contributed by atoms with Crippen LogP contribution in [0.3, 0.4) is 0 Å². The average molecular weight is 555 g/mol. The number of thiazole rings is 1. The number of carbonyl (C=O) groups excluding carboxylic acids is 1. The van der Waals surface area contributed by atoms with Gasteiger partial charge in [0, 0.05) is 5.56 Å². The maximum Gasteiger partial charge on any atom is 0.338 e. The highest BCUT2D eigenvalue weighted by molar-refractivity contribution is 7.07. The van der Waals surface area contributed by atoms with Crippen LogP contribution in [0.5, 0.6) is 11.5 Å². The highest BCUT2D eigenvalue weighted by Crippen LogP contribution is 2.35. The van der Waals surface area contributed by atoms with E-state index in [0.717, 1.165) is 16.9 Å². The Bertz CT molecular complexity index is 1720. The van der Waals surface area contributed by atoms with Gasteiger partial charge in [-0.2, -0.15) is 0 Å². The molecule has 8 heteroatoms. The lowest BCUT2D eigenvalue weighted by atomic mass is 9.95. The monoisotopic (exact) mass is 554 g/mol. The molecule has 4 aromatic rings. The highest BCUT2D eigenvalue weighted by atomic mass is 32.1. The zero-order chi connectivity index (χ0) is 28.1. The second kappa shape index (κ2) is 12.2. The van der Waals surface area contributed by atoms with E-state index in [1.165, 1.54) is 11.3 Å². The third-order valence-electron chi connectivity index (χ3n) is 6.46. The van der Waals surface area contributed by atoms with E-state index in [9.17, 15) is 9.59 Å². The molecule has 0 amide bonds. The first-order valence-corrected chi connectivity index (χ1v) is 14.0. The summed E-state index contributed by atoms with van der Waals surface area (Å²) >= 11 is 1.29. The van der Waals surface area contributed by atoms with Crippen molar-refractivity contribution in [2.24, 2.45) is 4.99 Å². The second-order valence-electron chi connectivity index (χ2n) is 9.12. The molecule has 1 aliphatic heterocycles. The van der Waals surface area contributed by atoms with Gasteiger partial charge in [0.1, 0.15) is 24.1 Å². The standard InChI is InChI=1S/C32H30N2O5S/c1-4-37-26-14-10-9-13-25(26)29-28(31(36)38-5-2)21(3)33-32-34(29)30(35)27(40-32)19-22-15-17-24(18-16-22)39-20-23-11-7-6-8-12-23/h6-19,29H,4-5,20H2,1-3H3/b27-19-/t29-/m0/s1. The van der Waals surface area contributed by atoms with Crippen LogP contribution in [0.1, 0.15) is 43.5 Å². The lowest BCUT2D eigenvalue weighted by Gasteiger charge is -2.26. The molecule has 2 heterocycles. The van der Waals surface area contributed by atoms with E-state index in [1.54, 1.807) is 18.4 Å². The zero-order valence-electron chi connectivity index (χ0n) is 22.6. The number of ether oxygens (including phenoxy) is 3. The molecule has 1 aliphatic rings. The van der Waals surface area contributed by atoms with Crippen LogP contribution in [0.15, 0.2) is 99.9 Å². The van der Waals surface area contributed by atoms with Gasteiger partial charge < -0.3 is 14.2 Å². The van der Waals surface area contributed by atoms with Crippen molar-refractivity contribution in [2.75, 3.05) is 13.2 Å². The molecule has 7 nitrogen and oxygen atoms in total. The number of rotatable bonds is 9. The molecule has 0 saturated carbocycles. The second-order valence-corrected chi connectivity index (χ2v) is 10.1. The molecule has 5 rings (SSSR count). The molecular formula is C32H30N2O5S. The first kappa shape index (κ1) is 27.1. The van der Waals surface area contributed by atoms with Gasteiger partial charge >= 0.3 is 5.97 Å². The Labute approximate surface area is 236 Å². The van der Waals surface area contributed by atoms with Gasteiger partial charge in [0.05, 0.1) is 29.0 Å². The predicted octanol–water partition coefficient (Wildman–Crippen LogP) is 4.78. The summed E-state index contributed by atoms with van der Waals surface area (Å²) < 4.78 is 19.3. The van der Waals surface area contributed by atoms with Crippen molar-refractivity contribution in [3.8, 4) is 11.5 Å². The SMILES string of the molecule is CCOC(=O)C1=C(C)N=c2s/c(=C\c3ccc(OCc4ccccc4)cc3)c(=O)n2[C@H]1c1ccccc1OCC. The van der Waals surface area contributed by atoms with Gasteiger partial charge in [0.25, 0.3) is 5.56 Å². The fourth-order valence-electron chi connectivity index (χ4n) is 4.63. The smallest absolute Gasteiger partial charge is 0.338 e. The Morgan fingerprint density at radius 1 is 0.950 bits per heavy atom. The summed E-state index contributed by atoms with van der Waals surface area (Å²) in [5, 5.41) is 0. The maximum atomic E-state index is 13.9. The Morgan fingerprint density at radius 2 is 1.68 bits per heavy atom. The van der Waals surface area contributed by atoms with Crippen molar-refractivity contribution in [2.45, 2.75) is 33.4 Å². The maximum absolute atomic E-state index is 13.9. The molecule has 0 fully saturated rings. The van der Waals surface area contributed by atoms with Crippen LogP contribution in [-0.4, -0.2) is 23.8 Å². The summed E-state index contributed by atoms with van der Waals surface area (Å²) in [7, 11) is 0. The minimum absolute atomic E-state index is 0.213. The number of esters is 1. The van der Waals surface area contributed by atoms with Gasteiger partial charge in [-0.05, 0) is 56.2 Å². The minimum Gasteiger partial charge on any atom is -0.494 e. The van der Waals surface area contributed by atoms with Crippen molar-refractivity contribution in [3.05, 3.63) is 127 Å². The van der Waals surface area contributed by atoms with E-state index < -0.39 is 12.0 Å². The molecule has 3 aromatic carbocycles. The van der Waals surface area contributed by atoms with Crippen LogP contribution in [-0.2, 0) is 16.1 Å². The summed E-state index contributed by atoms with van der Waals surface area (Å²) in [5.74, 6) is 0.845. The summed E-state index contributed by atoms with van der Waals surface area (Å²) in [4.78, 5) is 32.2. The van der Waals surface area contributed by atoms with Crippen molar-refractivity contribution < 1.29 is 19.0 Å². The highest BCUT2D eigenvalue weighted by Gasteiger charge is 2.35. The van der Waals surface area contributed by atoms with Crippen molar-refractivity contribution >= 4 is 23.4 Å². The number of aromatic nitrogens is 1. The largest absolute Gasteiger partial charge is 0.494 e. The third kappa shape index (κ3) is 5.62. The normalized spacial score (nSPS) is 14.9. The molecular weight excluding hydrogens is 524 g/mol. The Hall–Kier alpha value is -4.43. The predicted molar refractivity (Wildman–Crippen MR) is 155 cm³/mol. The van der Waals surface area contributed by atoms with Gasteiger partial charge in [-0.3, -0.25) is 9.36 Å². The molecule has 1 atom stereocenters. The Balaban J connectivity index is 1.54. The lowest BCUT2D eigenvalue weighted by Crippen LogP contribution is -2.40. The Kier molecular flexibility index (Phi) is 8.26. The van der Waals surface area contributed by atoms with Crippen LogP contribution in [0.4, 0.5) is 0 Å². The van der Waals surface area contributed by atoms with Crippen LogP contribution in [0.2, 0.25) is 0 Å². The third-order valence-corrected chi connectivity index (χ3v) is 7.44. The molecule has 0 saturated heterocycles. The topological polar surface area (TPSA) is 79.1 Å². The average Bonchev–Trinajstić information content (AvgIpc) is 3.27. The van der Waals surface area contributed by atoms with Gasteiger partial charge in [0.2, 0.25) is 0 Å². The number of carbonyl (C=O) groups is 1. The molecule has 204 valence electrons. The summed E-state index contributed by atoms with van der Waals surface area (Å²) in [6, 6.07) is 24.3. The van der Waals surface area contributed by atoms with Crippen LogP contribution >= 0.6 is 11.3 Å². The van der Waals surface area contributed by atoms with Gasteiger partial charge in [-0.25, -0.2) is 9.79 Å². The van der Waals surface area contributed by atoms with E-state index in [1.807, 2.05) is 91.9 Å². The number of benzene rings is 3. The summed E-state index contributed by atoms with van der Waals surface area (Å²) in [6.07, 6.45) is 1.83. The lowest BCUT2D eigenvalue weighted by molar-refractivity contribution is -0.139. The van der Waals surface area contributed by atoms with Crippen LogP contribution in [0, 0.1) is 0 Å². The summed E-state index contributed by atoms with van der Waals surface area (Å²) in [6.45, 7) is 6.56. The fraction of sp³-hybridized carbons (Fsp3) is 0.219. The summed E-state index contributed by atoms with van der Waals surface area (Å²) in [5.41, 5.74) is 3.25. The number of hydrogen-bond donors (Lipinski definition) is 0. The fourth-order valence-corrected chi connectivity index (χ4v) is 5.68. The molecule has 0 bridgehead atoms. The van der Waals surface area contributed by atoms with Crippen molar-refractivity contribution in [1.29, 1.82) is 0 Å². The van der Waals surface area contributed by atoms with E-state index in [4.69, 9.17) is 14.2 Å². The minimum atomic E-state index is -0.728. The van der Waals surface area contributed by atoms with E-state index in [2.05, 4.69) is 4.99 Å². The molecule has 0 radical (unpaired) electrons. The van der Waals surface area contributed by atoms with Gasteiger partial charge in [-0.1, -0.05) is 72.0 Å². The van der Waals surface area contributed by atoms with E-state index in [-0.39, 0.29) is 12.2 Å². The van der Waals surface area contributed by atoms with E-state index >= 15 is 0 Å². The molecule has 0 N–H and O–H groups in total. The number of allylic oxidation sites excluding steroid dienone is 1. The number of para-hydroxylation sites is 1. The Morgan fingerprint density at radius 3 is 2.40 bits per heavy atom. The van der Waals surface area contributed by atoms with Gasteiger partial charge in [0.15, 0.2) is 4.80 Å². The number of hydrogen-bond acceptors (Lipinski definition) is 7. The van der Waals surface area contributed by atoms with Gasteiger partial charge in [-0.15, -0.1) is 0 Å². The van der Waals surface area contributed by atoms with E-state index in [0.29, 0.717) is 45.1 Å². The molecule has 0 spiro atoms. The first-order chi connectivity index (χ1) is 19.5. The molecule has 0 unspecified atom stereocenters. The zero-order valence-corrected chi connectivity index (χ0v) is 23.4. The van der Waals surface area contributed by atoms with Crippen LogP contribution in [0.25, 0.3) is 6.08 Å². The molecule has 0 aliphatic carbocycles. The van der Waals surface area contributed by atoms with Crippen molar-refractivity contribution in [3.63, 3.8) is 0 Å². The number of nitrogens with zero attached hydrogens (tertiary/aromatic N) is 2. The quantitative estimate of drug-likeness (QED) is 0.279. The number of fused-ring (bicyclic) bond motifs is 1.